The van der Waals surface area contributed by atoms with Crippen LogP contribution in [-0.4, -0.2) is 5.97 Å². The van der Waals surface area contributed by atoms with E-state index in [9.17, 15) is 4.79 Å². The van der Waals surface area contributed by atoms with Crippen LogP contribution in [0.4, 0.5) is 0 Å². The molecule has 0 amide bonds. The molecule has 1 heterocycles. The van der Waals surface area contributed by atoms with Crippen LogP contribution in [0.25, 0.3) is 5.57 Å². The number of carbonyl (C=O) groups is 1. The van der Waals surface area contributed by atoms with E-state index in [1.807, 2.05) is 37.3 Å². The van der Waals surface area contributed by atoms with E-state index in [0.717, 1.165) is 11.1 Å². The van der Waals surface area contributed by atoms with Crippen molar-refractivity contribution in [2.75, 3.05) is 0 Å². The molecule has 70 valence electrons. The Balaban J connectivity index is 2.44. The molecule has 0 aliphatic carbocycles. The lowest BCUT2D eigenvalue weighted by molar-refractivity contribution is -0.132. The van der Waals surface area contributed by atoms with Crippen molar-refractivity contribution in [1.82, 2.24) is 0 Å². The van der Waals surface area contributed by atoms with Crippen LogP contribution in [0.5, 0.6) is 0 Å². The van der Waals surface area contributed by atoms with Gasteiger partial charge in [-0.1, -0.05) is 30.3 Å². The fraction of sp³-hybridized carbons (Fsp3) is 0.0833. The molecule has 0 fully saturated rings. The number of ether oxygens (including phenoxy) is 1. The largest absolute Gasteiger partial charge is 0.423 e. The highest BCUT2D eigenvalue weighted by Gasteiger charge is 2.19. The third kappa shape index (κ3) is 1.46. The van der Waals surface area contributed by atoms with Crippen molar-refractivity contribution in [2.24, 2.45) is 0 Å². The number of benzene rings is 1. The Morgan fingerprint density at radius 3 is 2.57 bits per heavy atom. The first-order chi connectivity index (χ1) is 6.81. The van der Waals surface area contributed by atoms with E-state index in [4.69, 9.17) is 4.74 Å². The Kier molecular flexibility index (Phi) is 2.19. The summed E-state index contributed by atoms with van der Waals surface area (Å²) in [4.78, 5) is 11.1. The number of hydrogen-bond acceptors (Lipinski definition) is 2. The summed E-state index contributed by atoms with van der Waals surface area (Å²) in [6, 6.07) is 9.73. The molecule has 0 spiro atoms. The van der Waals surface area contributed by atoms with Gasteiger partial charge in [0.25, 0.3) is 0 Å². The Morgan fingerprint density at radius 2 is 1.93 bits per heavy atom. The first-order valence-electron chi connectivity index (χ1n) is 4.47. The summed E-state index contributed by atoms with van der Waals surface area (Å²) in [7, 11) is 0. The fourth-order valence-electron chi connectivity index (χ4n) is 1.44. The second-order valence-corrected chi connectivity index (χ2v) is 3.00. The van der Waals surface area contributed by atoms with Crippen LogP contribution in [0.3, 0.4) is 0 Å². The van der Waals surface area contributed by atoms with E-state index in [0.29, 0.717) is 5.76 Å². The summed E-state index contributed by atoms with van der Waals surface area (Å²) in [5.41, 5.74) is 1.87. The zero-order valence-corrected chi connectivity index (χ0v) is 7.86. The van der Waals surface area contributed by atoms with Crippen LogP contribution >= 0.6 is 0 Å². The van der Waals surface area contributed by atoms with Crippen LogP contribution in [0.1, 0.15) is 12.5 Å². The summed E-state index contributed by atoms with van der Waals surface area (Å²) in [5, 5.41) is 0. The van der Waals surface area contributed by atoms with Gasteiger partial charge >= 0.3 is 5.97 Å². The Bertz CT molecular complexity index is 413. The van der Waals surface area contributed by atoms with E-state index in [1.54, 1.807) is 6.08 Å². The van der Waals surface area contributed by atoms with Gasteiger partial charge in [0.2, 0.25) is 0 Å². The molecule has 2 nitrogen and oxygen atoms in total. The highest BCUT2D eigenvalue weighted by Crippen LogP contribution is 2.28. The van der Waals surface area contributed by atoms with Crippen molar-refractivity contribution in [3.63, 3.8) is 0 Å². The second kappa shape index (κ2) is 3.50. The molecule has 0 unspecified atom stereocenters. The predicted molar refractivity (Wildman–Crippen MR) is 54.3 cm³/mol. The van der Waals surface area contributed by atoms with E-state index in [1.165, 1.54) is 6.08 Å². The van der Waals surface area contributed by atoms with Gasteiger partial charge in [0.05, 0.1) is 0 Å². The molecule has 14 heavy (non-hydrogen) atoms. The summed E-state index contributed by atoms with van der Waals surface area (Å²) in [5.74, 6) is 0.346. The third-order valence-electron chi connectivity index (χ3n) is 2.09. The van der Waals surface area contributed by atoms with Gasteiger partial charge in [-0.2, -0.15) is 0 Å². The average molecular weight is 186 g/mol. The molecule has 1 aromatic rings. The number of carbonyl (C=O) groups excluding carboxylic acids is 1. The normalized spacial score (nSPS) is 18.2. The Hall–Kier alpha value is -1.83. The smallest absolute Gasteiger partial charge is 0.336 e. The maximum absolute atomic E-state index is 11.1. The minimum Gasteiger partial charge on any atom is -0.423 e. The first-order valence-corrected chi connectivity index (χ1v) is 4.47. The standard InChI is InChI=1S/C12H10O2/c1-2-11-10(8-12(13)14-11)9-6-4-3-5-7-9/h2-8H,1H3/b11-2+. The molecular formula is C12H10O2. The van der Waals surface area contributed by atoms with E-state index < -0.39 is 0 Å². The van der Waals surface area contributed by atoms with E-state index in [2.05, 4.69) is 0 Å². The van der Waals surface area contributed by atoms with Gasteiger partial charge in [-0.15, -0.1) is 0 Å². The zero-order chi connectivity index (χ0) is 9.97. The zero-order valence-electron chi connectivity index (χ0n) is 7.86. The first kappa shape index (κ1) is 8.75. The molecule has 0 radical (unpaired) electrons. The third-order valence-corrected chi connectivity index (χ3v) is 2.09. The lowest BCUT2D eigenvalue weighted by atomic mass is 10.1. The molecule has 0 saturated heterocycles. The van der Waals surface area contributed by atoms with Crippen molar-refractivity contribution < 1.29 is 9.53 Å². The monoisotopic (exact) mass is 186 g/mol. The SMILES string of the molecule is C/C=C1/OC(=O)C=C1c1ccccc1. The number of cyclic esters (lactones) is 1. The topological polar surface area (TPSA) is 26.3 Å². The molecule has 1 aliphatic heterocycles. The molecule has 0 N–H and O–H groups in total. The molecule has 1 aromatic carbocycles. The minimum atomic E-state index is -0.294. The average Bonchev–Trinajstić information content (AvgIpc) is 2.61. The number of hydrogen-bond donors (Lipinski definition) is 0. The highest BCUT2D eigenvalue weighted by atomic mass is 16.5. The van der Waals surface area contributed by atoms with Gasteiger partial charge in [-0.3, -0.25) is 0 Å². The van der Waals surface area contributed by atoms with Crippen LogP contribution in [0, 0.1) is 0 Å². The quantitative estimate of drug-likeness (QED) is 0.630. The summed E-state index contributed by atoms with van der Waals surface area (Å²) < 4.78 is 5.01. The number of rotatable bonds is 1. The minimum absolute atomic E-state index is 0.294. The maximum atomic E-state index is 11.1. The van der Waals surface area contributed by atoms with Crippen molar-refractivity contribution in [3.8, 4) is 0 Å². The van der Waals surface area contributed by atoms with Crippen molar-refractivity contribution in [3.05, 3.63) is 53.8 Å². The van der Waals surface area contributed by atoms with Gasteiger partial charge < -0.3 is 4.74 Å². The molecular weight excluding hydrogens is 176 g/mol. The molecule has 2 heteroatoms. The molecule has 2 rings (SSSR count). The Labute approximate surface area is 82.5 Å². The molecule has 0 bridgehead atoms. The summed E-state index contributed by atoms with van der Waals surface area (Å²) >= 11 is 0. The molecule has 0 saturated carbocycles. The van der Waals surface area contributed by atoms with Gasteiger partial charge in [-0.25, -0.2) is 4.79 Å². The van der Waals surface area contributed by atoms with Crippen molar-refractivity contribution in [1.29, 1.82) is 0 Å². The number of allylic oxidation sites excluding steroid dienone is 2. The molecule has 1 aliphatic rings. The maximum Gasteiger partial charge on any atom is 0.336 e. The fourth-order valence-corrected chi connectivity index (χ4v) is 1.44. The van der Waals surface area contributed by atoms with Crippen LogP contribution in [0.2, 0.25) is 0 Å². The lowest BCUT2D eigenvalue weighted by Crippen LogP contribution is -1.90. The predicted octanol–water partition coefficient (Wildman–Crippen LogP) is 2.53. The van der Waals surface area contributed by atoms with Crippen LogP contribution in [-0.2, 0) is 9.53 Å². The van der Waals surface area contributed by atoms with Gasteiger partial charge in [0.1, 0.15) is 5.76 Å². The second-order valence-electron chi connectivity index (χ2n) is 3.00. The highest BCUT2D eigenvalue weighted by molar-refractivity contribution is 6.01. The van der Waals surface area contributed by atoms with Crippen LogP contribution < -0.4 is 0 Å². The summed E-state index contributed by atoms with van der Waals surface area (Å²) in [6.45, 7) is 1.85. The van der Waals surface area contributed by atoms with Gasteiger partial charge in [0.15, 0.2) is 0 Å². The van der Waals surface area contributed by atoms with Crippen molar-refractivity contribution in [2.45, 2.75) is 6.92 Å². The molecule has 0 atom stereocenters. The van der Waals surface area contributed by atoms with E-state index in [-0.39, 0.29) is 5.97 Å². The van der Waals surface area contributed by atoms with Crippen LogP contribution in [0.15, 0.2) is 48.2 Å². The van der Waals surface area contributed by atoms with E-state index >= 15 is 0 Å². The molecule has 0 aromatic heterocycles. The Morgan fingerprint density at radius 1 is 1.21 bits per heavy atom. The van der Waals surface area contributed by atoms with Gasteiger partial charge in [0, 0.05) is 11.6 Å². The number of esters is 1. The summed E-state index contributed by atoms with van der Waals surface area (Å²) in [6.07, 6.45) is 3.31. The van der Waals surface area contributed by atoms with Crippen molar-refractivity contribution >= 4 is 11.5 Å². The van der Waals surface area contributed by atoms with Gasteiger partial charge in [-0.05, 0) is 18.6 Å². The lowest BCUT2D eigenvalue weighted by Gasteiger charge is -2.02.